The van der Waals surface area contributed by atoms with Crippen LogP contribution in [0.25, 0.3) is 0 Å². The maximum Gasteiger partial charge on any atom is 0.120 e. The van der Waals surface area contributed by atoms with Crippen molar-refractivity contribution >= 4 is 0 Å². The van der Waals surface area contributed by atoms with Crippen molar-refractivity contribution in [3.63, 3.8) is 0 Å². The van der Waals surface area contributed by atoms with Crippen LogP contribution in [0.1, 0.15) is 42.4 Å². The van der Waals surface area contributed by atoms with E-state index in [-0.39, 0.29) is 0 Å². The van der Waals surface area contributed by atoms with Crippen LogP contribution >= 0.6 is 0 Å². The van der Waals surface area contributed by atoms with Crippen molar-refractivity contribution in [2.24, 2.45) is 5.92 Å². The summed E-state index contributed by atoms with van der Waals surface area (Å²) >= 11 is 0. The minimum Gasteiger partial charge on any atom is -0.489 e. The van der Waals surface area contributed by atoms with Crippen LogP contribution in [0, 0.1) is 5.92 Å². The number of benzene rings is 2. The highest BCUT2D eigenvalue weighted by Gasteiger charge is 2.57. The molecule has 5 rings (SSSR count). The van der Waals surface area contributed by atoms with Gasteiger partial charge in [-0.3, -0.25) is 0 Å². The fourth-order valence-corrected chi connectivity index (χ4v) is 5.13. The first-order chi connectivity index (χ1) is 13.3. The number of piperidine rings is 1. The quantitative estimate of drug-likeness (QED) is 0.820. The van der Waals surface area contributed by atoms with Gasteiger partial charge in [-0.1, -0.05) is 36.4 Å². The molecule has 0 bridgehead atoms. The smallest absolute Gasteiger partial charge is 0.120 e. The average Bonchev–Trinajstić information content (AvgIpc) is 3.32. The molecule has 1 spiro atoms. The zero-order chi connectivity index (χ0) is 18.1. The van der Waals surface area contributed by atoms with Crippen LogP contribution in [0.5, 0.6) is 5.75 Å². The molecular weight excluding hydrogens is 332 g/mol. The molecule has 2 fully saturated rings. The van der Waals surface area contributed by atoms with Crippen molar-refractivity contribution in [2.75, 3.05) is 19.6 Å². The van der Waals surface area contributed by atoms with Crippen LogP contribution in [0.2, 0.25) is 0 Å². The molecule has 2 aromatic carbocycles. The molecular formula is C24H30N2O. The van der Waals surface area contributed by atoms with Crippen LogP contribution in [-0.2, 0) is 18.4 Å². The summed E-state index contributed by atoms with van der Waals surface area (Å²) in [6, 6.07) is 17.9. The molecule has 1 heterocycles. The van der Waals surface area contributed by atoms with Crippen LogP contribution in [0.4, 0.5) is 0 Å². The van der Waals surface area contributed by atoms with Crippen LogP contribution in [-0.4, -0.2) is 25.7 Å². The third-order valence-electron chi connectivity index (χ3n) is 6.89. The fraction of sp³-hybridized carbons (Fsp3) is 0.500. The molecule has 0 aromatic heterocycles. The molecule has 1 saturated heterocycles. The van der Waals surface area contributed by atoms with Crippen molar-refractivity contribution in [3.05, 3.63) is 65.2 Å². The maximum absolute atomic E-state index is 6.04. The highest BCUT2D eigenvalue weighted by Crippen LogP contribution is 2.57. The Morgan fingerprint density at radius 2 is 1.93 bits per heavy atom. The van der Waals surface area contributed by atoms with Crippen LogP contribution in [0.15, 0.2) is 48.5 Å². The van der Waals surface area contributed by atoms with Gasteiger partial charge in [-0.25, -0.2) is 0 Å². The van der Waals surface area contributed by atoms with Gasteiger partial charge in [-0.2, -0.15) is 0 Å². The van der Waals surface area contributed by atoms with E-state index < -0.39 is 0 Å². The largest absolute Gasteiger partial charge is 0.489 e. The Hall–Kier alpha value is -1.84. The Labute approximate surface area is 162 Å². The Kier molecular flexibility index (Phi) is 4.66. The standard InChI is InChI=1S/C24H30N2O/c1-2-4-19(5-3-1)17-27-21-6-7-22-20(14-21)8-11-24(22)15-23(24)26-16-18-9-12-25-13-10-18/h1-7,14,18,23,25-26H,8-13,15-17H2. The molecule has 3 heteroatoms. The van der Waals surface area contributed by atoms with Crippen molar-refractivity contribution in [1.82, 2.24) is 10.6 Å². The zero-order valence-corrected chi connectivity index (χ0v) is 16.0. The van der Waals surface area contributed by atoms with E-state index >= 15 is 0 Å². The molecule has 2 aromatic rings. The van der Waals surface area contributed by atoms with Crippen LogP contribution < -0.4 is 15.4 Å². The molecule has 2 aliphatic carbocycles. The lowest BCUT2D eigenvalue weighted by Gasteiger charge is -2.23. The Bertz CT molecular complexity index is 784. The maximum atomic E-state index is 6.04. The van der Waals surface area contributed by atoms with E-state index in [4.69, 9.17) is 4.74 Å². The van der Waals surface area contributed by atoms with E-state index in [1.165, 1.54) is 62.9 Å². The molecule has 1 aliphatic heterocycles. The monoisotopic (exact) mass is 362 g/mol. The van der Waals surface area contributed by atoms with Crippen molar-refractivity contribution in [1.29, 1.82) is 0 Å². The number of aryl methyl sites for hydroxylation is 1. The summed E-state index contributed by atoms with van der Waals surface area (Å²) in [5, 5.41) is 7.37. The summed E-state index contributed by atoms with van der Waals surface area (Å²) in [5.41, 5.74) is 4.73. The third kappa shape index (κ3) is 3.51. The highest BCUT2D eigenvalue weighted by molar-refractivity contribution is 5.49. The van der Waals surface area contributed by atoms with Gasteiger partial charge in [0.1, 0.15) is 12.4 Å². The van der Waals surface area contributed by atoms with Gasteiger partial charge in [0.25, 0.3) is 0 Å². The van der Waals surface area contributed by atoms with Gasteiger partial charge in [0.2, 0.25) is 0 Å². The van der Waals surface area contributed by atoms with Gasteiger partial charge >= 0.3 is 0 Å². The SMILES string of the molecule is c1ccc(COc2ccc3c(c2)CCC32CC2NCC2CCNCC2)cc1. The average molecular weight is 363 g/mol. The first kappa shape index (κ1) is 17.3. The molecule has 3 nitrogen and oxygen atoms in total. The molecule has 1 saturated carbocycles. The summed E-state index contributed by atoms with van der Waals surface area (Å²) in [6.07, 6.45) is 6.46. The highest BCUT2D eigenvalue weighted by atomic mass is 16.5. The van der Waals surface area contributed by atoms with Gasteiger partial charge in [0.15, 0.2) is 0 Å². The predicted molar refractivity (Wildman–Crippen MR) is 109 cm³/mol. The molecule has 3 aliphatic rings. The summed E-state index contributed by atoms with van der Waals surface area (Å²) in [6.45, 7) is 4.22. The third-order valence-corrected chi connectivity index (χ3v) is 6.89. The Morgan fingerprint density at radius 1 is 1.07 bits per heavy atom. The van der Waals surface area contributed by atoms with Gasteiger partial charge < -0.3 is 15.4 Å². The van der Waals surface area contributed by atoms with Gasteiger partial charge in [-0.15, -0.1) is 0 Å². The number of ether oxygens (including phenoxy) is 1. The second-order valence-corrected chi connectivity index (χ2v) is 8.61. The van der Waals surface area contributed by atoms with Gasteiger partial charge in [0.05, 0.1) is 0 Å². The van der Waals surface area contributed by atoms with E-state index in [1.807, 2.05) is 6.07 Å². The summed E-state index contributed by atoms with van der Waals surface area (Å²) in [4.78, 5) is 0. The Balaban J connectivity index is 1.20. The van der Waals surface area contributed by atoms with Crippen molar-refractivity contribution < 1.29 is 4.74 Å². The van der Waals surface area contributed by atoms with Gasteiger partial charge in [-0.05, 0) is 86.5 Å². The van der Waals surface area contributed by atoms with Crippen molar-refractivity contribution in [3.8, 4) is 5.75 Å². The zero-order valence-electron chi connectivity index (χ0n) is 16.0. The molecule has 142 valence electrons. The first-order valence-electron chi connectivity index (χ1n) is 10.6. The van der Waals surface area contributed by atoms with Gasteiger partial charge in [0, 0.05) is 11.5 Å². The van der Waals surface area contributed by atoms with Crippen LogP contribution in [0.3, 0.4) is 0 Å². The second kappa shape index (κ2) is 7.29. The number of nitrogens with one attached hydrogen (secondary N) is 2. The van der Waals surface area contributed by atoms with E-state index in [9.17, 15) is 0 Å². The topological polar surface area (TPSA) is 33.3 Å². The molecule has 0 amide bonds. The summed E-state index contributed by atoms with van der Waals surface area (Å²) in [7, 11) is 0. The summed E-state index contributed by atoms with van der Waals surface area (Å²) in [5.74, 6) is 1.87. The summed E-state index contributed by atoms with van der Waals surface area (Å²) < 4.78 is 6.04. The van der Waals surface area contributed by atoms with E-state index in [0.717, 1.165) is 11.7 Å². The molecule has 27 heavy (non-hydrogen) atoms. The normalized spacial score (nSPS) is 26.9. The second-order valence-electron chi connectivity index (χ2n) is 8.61. The van der Waals surface area contributed by atoms with E-state index in [2.05, 4.69) is 53.1 Å². The lowest BCUT2D eigenvalue weighted by Crippen LogP contribution is -2.35. The first-order valence-corrected chi connectivity index (χ1v) is 10.6. The fourth-order valence-electron chi connectivity index (χ4n) is 5.13. The van der Waals surface area contributed by atoms with E-state index in [1.54, 1.807) is 5.56 Å². The lowest BCUT2D eigenvalue weighted by atomic mass is 9.96. The Morgan fingerprint density at radius 3 is 2.78 bits per heavy atom. The number of fused-ring (bicyclic) bond motifs is 2. The molecule has 2 unspecified atom stereocenters. The molecule has 2 N–H and O–H groups in total. The minimum atomic E-state index is 0.417. The minimum absolute atomic E-state index is 0.417. The van der Waals surface area contributed by atoms with Crippen molar-refractivity contribution in [2.45, 2.75) is 50.2 Å². The van der Waals surface area contributed by atoms with E-state index in [0.29, 0.717) is 18.1 Å². The predicted octanol–water partition coefficient (Wildman–Crippen LogP) is 3.81. The number of hydrogen-bond acceptors (Lipinski definition) is 3. The number of hydrogen-bond donors (Lipinski definition) is 2. The molecule has 0 radical (unpaired) electrons. The number of rotatable bonds is 6. The molecule has 2 atom stereocenters. The lowest BCUT2D eigenvalue weighted by molar-refractivity contribution is 0.306.